The van der Waals surface area contributed by atoms with Gasteiger partial charge >= 0.3 is 0 Å². The predicted octanol–water partition coefficient (Wildman–Crippen LogP) is 3.49. The zero-order chi connectivity index (χ0) is 12.8. The number of nitrogens with one attached hydrogen (secondary N) is 1. The first-order valence-corrected chi connectivity index (χ1v) is 7.17. The molecule has 98 valence electrons. The third-order valence-electron chi connectivity index (χ3n) is 3.67. The molecule has 0 atom stereocenters. The van der Waals surface area contributed by atoms with Gasteiger partial charge in [0.05, 0.1) is 0 Å². The molecule has 0 radical (unpaired) electrons. The molecule has 0 aromatic heterocycles. The van der Waals surface area contributed by atoms with Crippen LogP contribution < -0.4 is 5.32 Å². The highest BCUT2D eigenvalue weighted by Crippen LogP contribution is 2.17. The number of rotatable bonds is 6. The molecule has 2 rings (SSSR count). The first kappa shape index (κ1) is 13.3. The summed E-state index contributed by atoms with van der Waals surface area (Å²) in [5.41, 5.74) is 3.60. The molecule has 2 nitrogen and oxygen atoms in total. The maximum atomic E-state index is 12.1. The van der Waals surface area contributed by atoms with Gasteiger partial charge in [0.25, 0.3) is 0 Å². The minimum Gasteiger partial charge on any atom is -0.312 e. The maximum Gasteiger partial charge on any atom is 0.162 e. The number of fused-ring (bicyclic) bond motifs is 1. The van der Waals surface area contributed by atoms with Gasteiger partial charge in [0.15, 0.2) is 5.78 Å². The topological polar surface area (TPSA) is 29.1 Å². The number of ketones is 1. The Morgan fingerprint density at radius 1 is 1.22 bits per heavy atom. The van der Waals surface area contributed by atoms with E-state index in [0.717, 1.165) is 31.5 Å². The van der Waals surface area contributed by atoms with Gasteiger partial charge in [-0.2, -0.15) is 0 Å². The maximum absolute atomic E-state index is 12.1. The first-order valence-electron chi connectivity index (χ1n) is 7.17. The Labute approximate surface area is 110 Å². The van der Waals surface area contributed by atoms with Crippen LogP contribution in [-0.2, 0) is 13.0 Å². The average Bonchev–Trinajstić information content (AvgIpc) is 2.43. The molecule has 0 amide bonds. The second kappa shape index (κ2) is 6.69. The summed E-state index contributed by atoms with van der Waals surface area (Å²) < 4.78 is 0. The van der Waals surface area contributed by atoms with Gasteiger partial charge in [-0.1, -0.05) is 38.3 Å². The van der Waals surface area contributed by atoms with E-state index in [-0.39, 0.29) is 0 Å². The normalized spacial score (nSPS) is 14.3. The molecule has 1 aliphatic rings. The fourth-order valence-corrected chi connectivity index (χ4v) is 2.51. The van der Waals surface area contributed by atoms with Gasteiger partial charge in [0, 0.05) is 18.5 Å². The van der Waals surface area contributed by atoms with Crippen LogP contribution in [0.25, 0.3) is 0 Å². The van der Waals surface area contributed by atoms with Crippen molar-refractivity contribution < 1.29 is 4.79 Å². The molecule has 1 aromatic carbocycles. The third kappa shape index (κ3) is 3.42. The Bertz CT molecular complexity index is 412. The van der Waals surface area contributed by atoms with E-state index in [1.165, 1.54) is 30.4 Å². The van der Waals surface area contributed by atoms with Crippen LogP contribution in [0.5, 0.6) is 0 Å². The Morgan fingerprint density at radius 3 is 2.94 bits per heavy atom. The molecule has 1 heterocycles. The molecule has 0 unspecified atom stereocenters. The van der Waals surface area contributed by atoms with Crippen LogP contribution >= 0.6 is 0 Å². The highest BCUT2D eigenvalue weighted by Gasteiger charge is 2.12. The number of hydrogen-bond acceptors (Lipinski definition) is 2. The molecule has 0 bridgehead atoms. The number of hydrogen-bond donors (Lipinski definition) is 1. The smallest absolute Gasteiger partial charge is 0.162 e. The van der Waals surface area contributed by atoms with Crippen molar-refractivity contribution in [1.29, 1.82) is 0 Å². The molecule has 0 saturated carbocycles. The van der Waals surface area contributed by atoms with Crippen molar-refractivity contribution >= 4 is 5.78 Å². The SMILES string of the molecule is CCCCCCC(=O)c1ccc2c(c1)CNCC2. The Balaban J connectivity index is 1.94. The molecule has 0 fully saturated rings. The lowest BCUT2D eigenvalue weighted by atomic mass is 9.95. The zero-order valence-electron chi connectivity index (χ0n) is 11.3. The molecule has 2 heteroatoms. The first-order chi connectivity index (χ1) is 8.81. The Kier molecular flexibility index (Phi) is 4.94. The largest absolute Gasteiger partial charge is 0.312 e. The summed E-state index contributed by atoms with van der Waals surface area (Å²) in [6.07, 6.45) is 6.45. The summed E-state index contributed by atoms with van der Waals surface area (Å²) in [4.78, 5) is 12.1. The lowest BCUT2D eigenvalue weighted by Crippen LogP contribution is -2.23. The van der Waals surface area contributed by atoms with Crippen LogP contribution in [0.4, 0.5) is 0 Å². The van der Waals surface area contributed by atoms with Gasteiger partial charge in [-0.3, -0.25) is 4.79 Å². The highest BCUT2D eigenvalue weighted by atomic mass is 16.1. The quantitative estimate of drug-likeness (QED) is 0.614. The summed E-state index contributed by atoms with van der Waals surface area (Å²) in [7, 11) is 0. The molecular formula is C16H23NO. The van der Waals surface area contributed by atoms with Crippen LogP contribution in [0.2, 0.25) is 0 Å². The standard InChI is InChI=1S/C16H23NO/c1-2-3-4-5-6-16(18)14-8-7-13-9-10-17-12-15(13)11-14/h7-8,11,17H,2-6,9-10,12H2,1H3. The van der Waals surface area contributed by atoms with E-state index in [0.29, 0.717) is 12.2 Å². The minimum atomic E-state index is 0.305. The van der Waals surface area contributed by atoms with Gasteiger partial charge in [-0.05, 0) is 36.6 Å². The minimum absolute atomic E-state index is 0.305. The van der Waals surface area contributed by atoms with Crippen molar-refractivity contribution in [2.24, 2.45) is 0 Å². The van der Waals surface area contributed by atoms with Crippen LogP contribution in [0, 0.1) is 0 Å². The Hall–Kier alpha value is -1.15. The van der Waals surface area contributed by atoms with Crippen molar-refractivity contribution in [1.82, 2.24) is 5.32 Å². The number of Topliss-reactive ketones (excluding diaryl/α,β-unsaturated/α-hetero) is 1. The van der Waals surface area contributed by atoms with Gasteiger partial charge in [-0.25, -0.2) is 0 Å². The summed E-state index contributed by atoms with van der Waals surface area (Å²) >= 11 is 0. The Morgan fingerprint density at radius 2 is 2.11 bits per heavy atom. The van der Waals surface area contributed by atoms with Crippen LogP contribution in [-0.4, -0.2) is 12.3 Å². The molecule has 1 N–H and O–H groups in total. The number of benzene rings is 1. The van der Waals surface area contributed by atoms with Gasteiger partial charge in [0.1, 0.15) is 0 Å². The lowest BCUT2D eigenvalue weighted by molar-refractivity contribution is 0.0979. The number of unbranched alkanes of at least 4 members (excludes halogenated alkanes) is 3. The zero-order valence-corrected chi connectivity index (χ0v) is 11.3. The van der Waals surface area contributed by atoms with Gasteiger partial charge in [0.2, 0.25) is 0 Å². The van der Waals surface area contributed by atoms with E-state index < -0.39 is 0 Å². The summed E-state index contributed by atoms with van der Waals surface area (Å²) in [6.45, 7) is 4.15. The molecule has 0 aliphatic carbocycles. The molecule has 1 aromatic rings. The van der Waals surface area contributed by atoms with E-state index in [9.17, 15) is 4.79 Å². The van der Waals surface area contributed by atoms with E-state index in [2.05, 4.69) is 24.4 Å². The fraction of sp³-hybridized carbons (Fsp3) is 0.562. The van der Waals surface area contributed by atoms with Crippen molar-refractivity contribution in [3.05, 3.63) is 34.9 Å². The second-order valence-corrected chi connectivity index (χ2v) is 5.14. The average molecular weight is 245 g/mol. The van der Waals surface area contributed by atoms with E-state index in [1.807, 2.05) is 6.07 Å². The second-order valence-electron chi connectivity index (χ2n) is 5.14. The monoisotopic (exact) mass is 245 g/mol. The van der Waals surface area contributed by atoms with Crippen molar-refractivity contribution in [3.8, 4) is 0 Å². The highest BCUT2D eigenvalue weighted by molar-refractivity contribution is 5.96. The van der Waals surface area contributed by atoms with Crippen molar-refractivity contribution in [3.63, 3.8) is 0 Å². The number of carbonyl (C=O) groups is 1. The van der Waals surface area contributed by atoms with E-state index in [4.69, 9.17) is 0 Å². The fourth-order valence-electron chi connectivity index (χ4n) is 2.51. The number of carbonyl (C=O) groups excluding carboxylic acids is 1. The van der Waals surface area contributed by atoms with E-state index >= 15 is 0 Å². The molecule has 1 aliphatic heterocycles. The van der Waals surface area contributed by atoms with Crippen LogP contribution in [0.15, 0.2) is 18.2 Å². The van der Waals surface area contributed by atoms with Crippen LogP contribution in [0.3, 0.4) is 0 Å². The summed E-state index contributed by atoms with van der Waals surface area (Å²) in [5.74, 6) is 0.305. The predicted molar refractivity (Wildman–Crippen MR) is 74.9 cm³/mol. The molecule has 18 heavy (non-hydrogen) atoms. The van der Waals surface area contributed by atoms with Crippen molar-refractivity contribution in [2.75, 3.05) is 6.54 Å². The summed E-state index contributed by atoms with van der Waals surface area (Å²) in [5, 5.41) is 3.36. The van der Waals surface area contributed by atoms with Gasteiger partial charge < -0.3 is 5.32 Å². The van der Waals surface area contributed by atoms with Gasteiger partial charge in [-0.15, -0.1) is 0 Å². The molecule has 0 spiro atoms. The van der Waals surface area contributed by atoms with Crippen molar-refractivity contribution in [2.45, 2.75) is 52.0 Å². The van der Waals surface area contributed by atoms with Crippen LogP contribution in [0.1, 0.15) is 60.5 Å². The molecule has 0 saturated heterocycles. The summed E-state index contributed by atoms with van der Waals surface area (Å²) in [6, 6.07) is 6.23. The lowest BCUT2D eigenvalue weighted by Gasteiger charge is -2.17. The molecular weight excluding hydrogens is 222 g/mol. The third-order valence-corrected chi connectivity index (χ3v) is 3.67. The van der Waals surface area contributed by atoms with E-state index in [1.54, 1.807) is 0 Å².